The number of aliphatic hydroxyl groups is 1. The van der Waals surface area contributed by atoms with Crippen LogP contribution in [0.5, 0.6) is 11.5 Å². The van der Waals surface area contributed by atoms with Crippen molar-refractivity contribution in [1.29, 1.82) is 0 Å². The monoisotopic (exact) mass is 306 g/mol. The van der Waals surface area contributed by atoms with Gasteiger partial charge in [0.05, 0.1) is 13.7 Å². The van der Waals surface area contributed by atoms with E-state index in [1.165, 1.54) is 19.2 Å². The maximum Gasteiger partial charge on any atom is 0.418 e. The summed E-state index contributed by atoms with van der Waals surface area (Å²) in [4.78, 5) is 0. The van der Waals surface area contributed by atoms with Crippen molar-refractivity contribution in [2.45, 2.75) is 44.9 Å². The Kier molecular flexibility index (Phi) is 6.81. The van der Waals surface area contributed by atoms with Crippen LogP contribution in [0.15, 0.2) is 18.2 Å². The minimum Gasteiger partial charge on any atom is -0.493 e. The van der Waals surface area contributed by atoms with Gasteiger partial charge in [0.25, 0.3) is 0 Å². The lowest BCUT2D eigenvalue weighted by atomic mass is 10.1. The third-order valence-corrected chi connectivity index (χ3v) is 3.07. The standard InChI is InChI=1S/C15H21F3O3/c1-3-4-5-6-9-21-12-8-7-11(10-13(12)20-2)14(19)15(16,17)18/h7-8,10,14,19H,3-6,9H2,1-2H3. The molecule has 1 rings (SSSR count). The van der Waals surface area contributed by atoms with Gasteiger partial charge in [0.2, 0.25) is 0 Å². The summed E-state index contributed by atoms with van der Waals surface area (Å²) in [6.45, 7) is 2.59. The molecule has 3 nitrogen and oxygen atoms in total. The van der Waals surface area contributed by atoms with E-state index < -0.39 is 12.3 Å². The Balaban J connectivity index is 2.71. The molecule has 0 aliphatic heterocycles. The first-order chi connectivity index (χ1) is 9.90. The van der Waals surface area contributed by atoms with Crippen LogP contribution in [-0.4, -0.2) is 25.0 Å². The SMILES string of the molecule is CCCCCCOc1ccc(C(O)C(F)(F)F)cc1OC. The number of ether oxygens (including phenoxy) is 2. The number of hydrogen-bond acceptors (Lipinski definition) is 3. The van der Waals surface area contributed by atoms with Crippen molar-refractivity contribution in [1.82, 2.24) is 0 Å². The summed E-state index contributed by atoms with van der Waals surface area (Å²) in [6, 6.07) is 3.74. The van der Waals surface area contributed by atoms with E-state index in [0.717, 1.165) is 31.7 Å². The molecule has 0 radical (unpaired) electrons. The quantitative estimate of drug-likeness (QED) is 0.730. The molecule has 0 saturated heterocycles. The molecule has 0 saturated carbocycles. The Morgan fingerprint density at radius 2 is 1.86 bits per heavy atom. The van der Waals surface area contributed by atoms with Gasteiger partial charge in [-0.05, 0) is 24.1 Å². The number of halogens is 3. The molecular formula is C15H21F3O3. The Morgan fingerprint density at radius 3 is 2.43 bits per heavy atom. The van der Waals surface area contributed by atoms with Gasteiger partial charge in [-0.25, -0.2) is 0 Å². The Bertz CT molecular complexity index is 433. The summed E-state index contributed by atoms with van der Waals surface area (Å²) in [7, 11) is 1.35. The molecular weight excluding hydrogens is 285 g/mol. The van der Waals surface area contributed by atoms with Gasteiger partial charge in [0.15, 0.2) is 17.6 Å². The van der Waals surface area contributed by atoms with Gasteiger partial charge < -0.3 is 14.6 Å². The van der Waals surface area contributed by atoms with Crippen LogP contribution in [0, 0.1) is 0 Å². The third kappa shape index (κ3) is 5.46. The second-order valence-electron chi connectivity index (χ2n) is 4.76. The molecule has 0 spiro atoms. The average Bonchev–Trinajstić information content (AvgIpc) is 2.45. The fourth-order valence-electron chi connectivity index (χ4n) is 1.87. The van der Waals surface area contributed by atoms with Crippen LogP contribution in [0.25, 0.3) is 0 Å². The predicted octanol–water partition coefficient (Wildman–Crippen LogP) is 4.25. The zero-order valence-electron chi connectivity index (χ0n) is 12.2. The maximum atomic E-state index is 12.5. The van der Waals surface area contributed by atoms with Crippen LogP contribution in [-0.2, 0) is 0 Å². The number of benzene rings is 1. The highest BCUT2D eigenvalue weighted by Crippen LogP contribution is 2.36. The lowest BCUT2D eigenvalue weighted by Crippen LogP contribution is -2.20. The lowest BCUT2D eigenvalue weighted by Gasteiger charge is -2.17. The highest BCUT2D eigenvalue weighted by Gasteiger charge is 2.39. The van der Waals surface area contributed by atoms with Crippen molar-refractivity contribution >= 4 is 0 Å². The average molecular weight is 306 g/mol. The van der Waals surface area contributed by atoms with Crippen molar-refractivity contribution in [2.75, 3.05) is 13.7 Å². The number of methoxy groups -OCH3 is 1. The summed E-state index contributed by atoms with van der Waals surface area (Å²) >= 11 is 0. The van der Waals surface area contributed by atoms with Gasteiger partial charge in [-0.3, -0.25) is 0 Å². The van der Waals surface area contributed by atoms with E-state index in [2.05, 4.69) is 6.92 Å². The Hall–Kier alpha value is -1.43. The molecule has 1 unspecified atom stereocenters. The summed E-state index contributed by atoms with van der Waals surface area (Å²) in [6.07, 6.45) is -3.06. The molecule has 1 N–H and O–H groups in total. The Morgan fingerprint density at radius 1 is 1.14 bits per heavy atom. The van der Waals surface area contributed by atoms with Crippen molar-refractivity contribution in [3.05, 3.63) is 23.8 Å². The third-order valence-electron chi connectivity index (χ3n) is 3.07. The van der Waals surface area contributed by atoms with Gasteiger partial charge in [0, 0.05) is 0 Å². The van der Waals surface area contributed by atoms with Crippen molar-refractivity contribution < 1.29 is 27.8 Å². The number of unbranched alkanes of at least 4 members (excludes halogenated alkanes) is 3. The number of alkyl halides is 3. The molecule has 0 heterocycles. The molecule has 0 bridgehead atoms. The minimum absolute atomic E-state index is 0.186. The molecule has 0 aromatic heterocycles. The fraction of sp³-hybridized carbons (Fsp3) is 0.600. The second kappa shape index (κ2) is 8.12. The van der Waals surface area contributed by atoms with E-state index in [4.69, 9.17) is 9.47 Å². The molecule has 0 fully saturated rings. The summed E-state index contributed by atoms with van der Waals surface area (Å²) in [5, 5.41) is 9.22. The minimum atomic E-state index is -4.70. The van der Waals surface area contributed by atoms with E-state index in [1.807, 2.05) is 0 Å². The van der Waals surface area contributed by atoms with Crippen molar-refractivity contribution in [3.8, 4) is 11.5 Å². The summed E-state index contributed by atoms with van der Waals surface area (Å²) < 4.78 is 47.9. The van der Waals surface area contributed by atoms with E-state index in [0.29, 0.717) is 12.4 Å². The molecule has 120 valence electrons. The molecule has 1 atom stereocenters. The van der Waals surface area contributed by atoms with Crippen LogP contribution >= 0.6 is 0 Å². The van der Waals surface area contributed by atoms with Gasteiger partial charge >= 0.3 is 6.18 Å². The van der Waals surface area contributed by atoms with Crippen molar-refractivity contribution in [3.63, 3.8) is 0 Å². The van der Waals surface area contributed by atoms with Crippen molar-refractivity contribution in [2.24, 2.45) is 0 Å². The zero-order chi connectivity index (χ0) is 15.9. The van der Waals surface area contributed by atoms with Crippen LogP contribution < -0.4 is 9.47 Å². The lowest BCUT2D eigenvalue weighted by molar-refractivity contribution is -0.206. The molecule has 0 aliphatic rings. The molecule has 0 amide bonds. The first-order valence-corrected chi connectivity index (χ1v) is 6.95. The second-order valence-corrected chi connectivity index (χ2v) is 4.76. The molecule has 1 aromatic carbocycles. The van der Waals surface area contributed by atoms with E-state index >= 15 is 0 Å². The van der Waals surface area contributed by atoms with Crippen LogP contribution in [0.2, 0.25) is 0 Å². The normalized spacial score (nSPS) is 13.0. The van der Waals surface area contributed by atoms with Crippen LogP contribution in [0.1, 0.15) is 44.3 Å². The van der Waals surface area contributed by atoms with Gasteiger partial charge in [0.1, 0.15) is 0 Å². The molecule has 6 heteroatoms. The predicted molar refractivity (Wildman–Crippen MR) is 73.6 cm³/mol. The first kappa shape index (κ1) is 17.6. The maximum absolute atomic E-state index is 12.5. The van der Waals surface area contributed by atoms with E-state index in [-0.39, 0.29) is 11.3 Å². The topological polar surface area (TPSA) is 38.7 Å². The first-order valence-electron chi connectivity index (χ1n) is 6.95. The largest absolute Gasteiger partial charge is 0.493 e. The molecule has 1 aromatic rings. The van der Waals surface area contributed by atoms with Gasteiger partial charge in [-0.1, -0.05) is 32.3 Å². The molecule has 21 heavy (non-hydrogen) atoms. The summed E-state index contributed by atoms with van der Waals surface area (Å²) in [5.74, 6) is 0.568. The fourth-order valence-corrected chi connectivity index (χ4v) is 1.87. The smallest absolute Gasteiger partial charge is 0.418 e. The van der Waals surface area contributed by atoms with Crippen LogP contribution in [0.4, 0.5) is 13.2 Å². The zero-order valence-corrected chi connectivity index (χ0v) is 12.2. The number of aliphatic hydroxyl groups excluding tert-OH is 1. The molecule has 0 aliphatic carbocycles. The van der Waals surface area contributed by atoms with Crippen LogP contribution in [0.3, 0.4) is 0 Å². The van der Waals surface area contributed by atoms with Gasteiger partial charge in [-0.2, -0.15) is 13.2 Å². The van der Waals surface area contributed by atoms with E-state index in [9.17, 15) is 18.3 Å². The summed E-state index contributed by atoms with van der Waals surface area (Å²) in [5.41, 5.74) is -0.266. The Labute approximate surface area is 122 Å². The number of rotatable bonds is 8. The van der Waals surface area contributed by atoms with Gasteiger partial charge in [-0.15, -0.1) is 0 Å². The highest BCUT2D eigenvalue weighted by atomic mass is 19.4. The highest BCUT2D eigenvalue weighted by molar-refractivity contribution is 5.43. The number of hydrogen-bond donors (Lipinski definition) is 1. The van der Waals surface area contributed by atoms with E-state index in [1.54, 1.807) is 0 Å².